The lowest BCUT2D eigenvalue weighted by Crippen LogP contribution is -2.22. The number of fused-ring (bicyclic) bond motifs is 1. The molecule has 0 unspecified atom stereocenters. The quantitative estimate of drug-likeness (QED) is 0.920. The van der Waals surface area contributed by atoms with Gasteiger partial charge in [-0.3, -0.25) is 4.79 Å². The molecular formula is C18H18ClNO4. The van der Waals surface area contributed by atoms with Crippen molar-refractivity contribution < 1.29 is 19.0 Å². The predicted molar refractivity (Wildman–Crippen MR) is 91.2 cm³/mol. The molecule has 2 aromatic rings. The average molecular weight is 348 g/mol. The molecule has 24 heavy (non-hydrogen) atoms. The normalized spacial score (nSPS) is 13.1. The molecule has 0 aromatic heterocycles. The van der Waals surface area contributed by atoms with E-state index >= 15 is 0 Å². The number of carbonyl (C=O) groups excluding carboxylic acids is 1. The smallest absolute Gasteiger partial charge is 0.251 e. The van der Waals surface area contributed by atoms with Gasteiger partial charge in [0, 0.05) is 18.5 Å². The van der Waals surface area contributed by atoms with E-state index < -0.39 is 0 Å². The first-order chi connectivity index (χ1) is 11.7. The molecule has 1 heterocycles. The summed E-state index contributed by atoms with van der Waals surface area (Å²) in [6.07, 6.45) is 0.814. The van der Waals surface area contributed by atoms with E-state index in [0.29, 0.717) is 47.6 Å². The van der Waals surface area contributed by atoms with Crippen molar-refractivity contribution in [2.45, 2.75) is 13.0 Å². The summed E-state index contributed by atoms with van der Waals surface area (Å²) in [4.78, 5) is 12.2. The molecular weight excluding hydrogens is 330 g/mol. The number of ether oxygens (including phenoxy) is 3. The molecule has 1 aliphatic heterocycles. The van der Waals surface area contributed by atoms with Crippen molar-refractivity contribution in [3.8, 4) is 17.2 Å². The molecule has 3 rings (SSSR count). The van der Waals surface area contributed by atoms with Gasteiger partial charge >= 0.3 is 0 Å². The Morgan fingerprint density at radius 2 is 1.96 bits per heavy atom. The van der Waals surface area contributed by atoms with Crippen LogP contribution >= 0.6 is 11.6 Å². The highest BCUT2D eigenvalue weighted by Crippen LogP contribution is 2.37. The molecule has 0 radical (unpaired) electrons. The third kappa shape index (κ3) is 3.74. The lowest BCUT2D eigenvalue weighted by Gasteiger charge is -2.12. The van der Waals surface area contributed by atoms with Crippen molar-refractivity contribution in [3.63, 3.8) is 0 Å². The summed E-state index contributed by atoms with van der Waals surface area (Å²) in [5.74, 6) is 1.73. The number of methoxy groups -OCH3 is 1. The van der Waals surface area contributed by atoms with Crippen LogP contribution in [0.1, 0.15) is 22.3 Å². The standard InChI is InChI=1S/C18H18ClNO4/c1-22-14-5-3-13(4-6-14)18(21)20-11-12-9-15(19)17-16(10-12)23-7-2-8-24-17/h3-6,9-10H,2,7-8,11H2,1H3,(H,20,21). The maximum atomic E-state index is 12.2. The van der Waals surface area contributed by atoms with E-state index in [2.05, 4.69) is 5.32 Å². The maximum absolute atomic E-state index is 12.2. The largest absolute Gasteiger partial charge is 0.497 e. The summed E-state index contributed by atoms with van der Waals surface area (Å²) >= 11 is 6.25. The third-order valence-electron chi connectivity index (χ3n) is 3.67. The van der Waals surface area contributed by atoms with Crippen molar-refractivity contribution in [2.24, 2.45) is 0 Å². The Hall–Kier alpha value is -2.40. The van der Waals surface area contributed by atoms with Crippen molar-refractivity contribution in [1.29, 1.82) is 0 Å². The first kappa shape index (κ1) is 16.5. The molecule has 1 aliphatic rings. The van der Waals surface area contributed by atoms with Gasteiger partial charge < -0.3 is 19.5 Å². The molecule has 2 aromatic carbocycles. The Kier molecular flexibility index (Phi) is 5.11. The molecule has 0 fully saturated rings. The van der Waals surface area contributed by atoms with Crippen LogP contribution in [0.3, 0.4) is 0 Å². The third-order valence-corrected chi connectivity index (χ3v) is 3.95. The summed E-state index contributed by atoms with van der Waals surface area (Å²) in [5.41, 5.74) is 1.42. The van der Waals surface area contributed by atoms with Crippen LogP contribution in [0.2, 0.25) is 5.02 Å². The van der Waals surface area contributed by atoms with Crippen LogP contribution in [0.4, 0.5) is 0 Å². The monoisotopic (exact) mass is 347 g/mol. The number of amides is 1. The van der Waals surface area contributed by atoms with Gasteiger partial charge in [0.25, 0.3) is 5.91 Å². The van der Waals surface area contributed by atoms with Gasteiger partial charge in [-0.2, -0.15) is 0 Å². The summed E-state index contributed by atoms with van der Waals surface area (Å²) in [6.45, 7) is 1.52. The highest BCUT2D eigenvalue weighted by molar-refractivity contribution is 6.32. The molecule has 0 saturated heterocycles. The van der Waals surface area contributed by atoms with Crippen LogP contribution in [-0.4, -0.2) is 26.2 Å². The Morgan fingerprint density at radius 3 is 2.71 bits per heavy atom. The van der Waals surface area contributed by atoms with E-state index in [0.717, 1.165) is 12.0 Å². The number of carbonyl (C=O) groups is 1. The molecule has 0 aliphatic carbocycles. The summed E-state index contributed by atoms with van der Waals surface area (Å²) < 4.78 is 16.3. The molecule has 5 nitrogen and oxygen atoms in total. The summed E-state index contributed by atoms with van der Waals surface area (Å²) in [7, 11) is 1.59. The lowest BCUT2D eigenvalue weighted by atomic mass is 10.1. The second kappa shape index (κ2) is 7.45. The minimum absolute atomic E-state index is 0.166. The Bertz CT molecular complexity index is 731. The van der Waals surface area contributed by atoms with Crippen molar-refractivity contribution in [2.75, 3.05) is 20.3 Å². The zero-order valence-electron chi connectivity index (χ0n) is 13.3. The molecule has 1 N–H and O–H groups in total. The van der Waals surface area contributed by atoms with E-state index in [-0.39, 0.29) is 5.91 Å². The van der Waals surface area contributed by atoms with Gasteiger partial charge in [-0.25, -0.2) is 0 Å². The zero-order valence-corrected chi connectivity index (χ0v) is 14.1. The van der Waals surface area contributed by atoms with Gasteiger partial charge in [-0.15, -0.1) is 0 Å². The van der Waals surface area contributed by atoms with E-state index in [9.17, 15) is 4.79 Å². The van der Waals surface area contributed by atoms with Crippen LogP contribution in [0.15, 0.2) is 36.4 Å². The minimum Gasteiger partial charge on any atom is -0.497 e. The number of nitrogens with one attached hydrogen (secondary N) is 1. The summed E-state index contributed by atoms with van der Waals surface area (Å²) in [6, 6.07) is 10.6. The predicted octanol–water partition coefficient (Wildman–Crippen LogP) is 3.44. The van der Waals surface area contributed by atoms with Crippen molar-refractivity contribution in [3.05, 3.63) is 52.5 Å². The van der Waals surface area contributed by atoms with Crippen molar-refractivity contribution in [1.82, 2.24) is 5.32 Å². The zero-order chi connectivity index (χ0) is 16.9. The van der Waals surface area contributed by atoms with Crippen LogP contribution in [0, 0.1) is 0 Å². The number of hydrogen-bond donors (Lipinski definition) is 1. The van der Waals surface area contributed by atoms with E-state index in [1.807, 2.05) is 6.07 Å². The van der Waals surface area contributed by atoms with E-state index in [1.54, 1.807) is 37.4 Å². The number of halogens is 1. The molecule has 0 atom stereocenters. The fourth-order valence-corrected chi connectivity index (χ4v) is 2.70. The van der Waals surface area contributed by atoms with E-state index in [4.69, 9.17) is 25.8 Å². The lowest BCUT2D eigenvalue weighted by molar-refractivity contribution is 0.0951. The Labute approximate surface area is 145 Å². The average Bonchev–Trinajstić information content (AvgIpc) is 2.85. The van der Waals surface area contributed by atoms with Crippen LogP contribution in [-0.2, 0) is 6.54 Å². The number of hydrogen-bond acceptors (Lipinski definition) is 4. The maximum Gasteiger partial charge on any atom is 0.251 e. The first-order valence-electron chi connectivity index (χ1n) is 7.67. The highest BCUT2D eigenvalue weighted by atomic mass is 35.5. The second-order valence-electron chi connectivity index (χ2n) is 5.37. The van der Waals surface area contributed by atoms with Crippen LogP contribution in [0.5, 0.6) is 17.2 Å². The van der Waals surface area contributed by atoms with Crippen LogP contribution in [0.25, 0.3) is 0 Å². The SMILES string of the molecule is COc1ccc(C(=O)NCc2cc(Cl)c3c(c2)OCCCO3)cc1. The molecule has 6 heteroatoms. The fraction of sp³-hybridized carbons (Fsp3) is 0.278. The summed E-state index contributed by atoms with van der Waals surface area (Å²) in [5, 5.41) is 3.36. The molecule has 0 bridgehead atoms. The van der Waals surface area contributed by atoms with Gasteiger partial charge in [0.05, 0.1) is 25.3 Å². The number of rotatable bonds is 4. The topological polar surface area (TPSA) is 56.8 Å². The van der Waals surface area contributed by atoms with Gasteiger partial charge in [-0.1, -0.05) is 11.6 Å². The molecule has 126 valence electrons. The Balaban J connectivity index is 1.68. The van der Waals surface area contributed by atoms with E-state index in [1.165, 1.54) is 0 Å². The highest BCUT2D eigenvalue weighted by Gasteiger charge is 2.16. The van der Waals surface area contributed by atoms with Gasteiger partial charge in [-0.05, 0) is 42.0 Å². The van der Waals surface area contributed by atoms with Gasteiger partial charge in [0.2, 0.25) is 0 Å². The van der Waals surface area contributed by atoms with Gasteiger partial charge in [0.1, 0.15) is 5.75 Å². The fourth-order valence-electron chi connectivity index (χ4n) is 2.41. The molecule has 1 amide bonds. The second-order valence-corrected chi connectivity index (χ2v) is 5.77. The molecule has 0 spiro atoms. The minimum atomic E-state index is -0.166. The van der Waals surface area contributed by atoms with Gasteiger partial charge in [0.15, 0.2) is 11.5 Å². The van der Waals surface area contributed by atoms with Crippen molar-refractivity contribution >= 4 is 17.5 Å². The molecule has 0 saturated carbocycles. The Morgan fingerprint density at radius 1 is 1.21 bits per heavy atom. The first-order valence-corrected chi connectivity index (χ1v) is 8.05. The number of benzene rings is 2. The van der Waals surface area contributed by atoms with Crippen LogP contribution < -0.4 is 19.5 Å².